The Morgan fingerprint density at radius 1 is 1.00 bits per heavy atom. The van der Waals surface area contributed by atoms with Crippen molar-refractivity contribution in [2.75, 3.05) is 26.2 Å². The van der Waals surface area contributed by atoms with E-state index in [1.807, 2.05) is 0 Å². The van der Waals surface area contributed by atoms with Crippen LogP contribution < -0.4 is 5.32 Å². The Balaban J connectivity index is 1.84. The Labute approximate surface area is 151 Å². The molecule has 0 aromatic heterocycles. The van der Waals surface area contributed by atoms with Gasteiger partial charge in [0.2, 0.25) is 0 Å². The molecule has 1 fully saturated rings. The predicted octanol–water partition coefficient (Wildman–Crippen LogP) is 2.74. The van der Waals surface area contributed by atoms with Crippen LogP contribution in [0.25, 0.3) is 0 Å². The molecule has 8 heteroatoms. The molecule has 1 saturated heterocycles. The fourth-order valence-electron chi connectivity index (χ4n) is 2.27. The number of halogens is 1. The van der Waals surface area contributed by atoms with Crippen LogP contribution in [0.1, 0.15) is 31.1 Å². The second-order valence-corrected chi connectivity index (χ2v) is 7.16. The molecule has 7 nitrogen and oxygen atoms in total. The third-order valence-corrected chi connectivity index (χ3v) is 3.80. The first-order chi connectivity index (χ1) is 11.7. The van der Waals surface area contributed by atoms with Crippen LogP contribution in [0, 0.1) is 0 Å². The van der Waals surface area contributed by atoms with Gasteiger partial charge < -0.3 is 14.5 Å². The van der Waals surface area contributed by atoms with Crippen LogP contribution in [0.15, 0.2) is 24.3 Å². The van der Waals surface area contributed by atoms with E-state index in [4.69, 9.17) is 16.3 Å². The lowest BCUT2D eigenvalue weighted by atomic mass is 10.2. The highest BCUT2D eigenvalue weighted by molar-refractivity contribution is 6.30. The van der Waals surface area contributed by atoms with Gasteiger partial charge in [-0.1, -0.05) is 11.6 Å². The number of urea groups is 1. The van der Waals surface area contributed by atoms with Gasteiger partial charge >= 0.3 is 12.1 Å². The standard InChI is InChI=1S/C17H22ClN3O4/c1-17(2,3)25-16(24)21-10-8-20(9-11-21)15(23)19-14(22)12-4-6-13(18)7-5-12/h4-7H,8-11H2,1-3H3,(H,19,22,23). The van der Waals surface area contributed by atoms with Crippen molar-refractivity contribution < 1.29 is 19.1 Å². The molecule has 0 spiro atoms. The lowest BCUT2D eigenvalue weighted by molar-refractivity contribution is 0.0169. The molecule has 0 atom stereocenters. The molecular formula is C17H22ClN3O4. The third kappa shape index (κ3) is 5.63. The van der Waals surface area contributed by atoms with Crippen molar-refractivity contribution in [3.63, 3.8) is 0 Å². The van der Waals surface area contributed by atoms with Crippen molar-refractivity contribution >= 4 is 29.6 Å². The van der Waals surface area contributed by atoms with Gasteiger partial charge in [-0.05, 0) is 45.0 Å². The van der Waals surface area contributed by atoms with Crippen molar-refractivity contribution in [3.8, 4) is 0 Å². The van der Waals surface area contributed by atoms with Gasteiger partial charge in [0.05, 0.1) is 0 Å². The summed E-state index contributed by atoms with van der Waals surface area (Å²) in [4.78, 5) is 39.3. The molecule has 2 rings (SSSR count). The normalized spacial score (nSPS) is 14.9. The number of rotatable bonds is 1. The number of amides is 4. The quantitative estimate of drug-likeness (QED) is 0.827. The molecule has 1 aromatic rings. The van der Waals surface area contributed by atoms with Crippen LogP contribution in [-0.2, 0) is 4.74 Å². The molecule has 1 aliphatic rings. The largest absolute Gasteiger partial charge is 0.444 e. The third-order valence-electron chi connectivity index (χ3n) is 3.55. The predicted molar refractivity (Wildman–Crippen MR) is 93.7 cm³/mol. The van der Waals surface area contributed by atoms with E-state index in [1.165, 1.54) is 4.90 Å². The summed E-state index contributed by atoms with van der Waals surface area (Å²) in [7, 11) is 0. The van der Waals surface area contributed by atoms with Crippen LogP contribution in [0.4, 0.5) is 9.59 Å². The van der Waals surface area contributed by atoms with E-state index in [0.717, 1.165) is 0 Å². The van der Waals surface area contributed by atoms with Crippen molar-refractivity contribution in [1.29, 1.82) is 0 Å². The summed E-state index contributed by atoms with van der Waals surface area (Å²) in [5.41, 5.74) is -0.207. The number of carbonyl (C=O) groups is 3. The van der Waals surface area contributed by atoms with Crippen LogP contribution in [0.5, 0.6) is 0 Å². The molecule has 0 bridgehead atoms. The summed E-state index contributed by atoms with van der Waals surface area (Å²) < 4.78 is 5.31. The molecule has 0 radical (unpaired) electrons. The van der Waals surface area contributed by atoms with Gasteiger partial charge in [0, 0.05) is 36.8 Å². The number of carbonyl (C=O) groups excluding carboxylic acids is 3. The minimum absolute atomic E-state index is 0.332. The second kappa shape index (κ2) is 7.74. The first kappa shape index (κ1) is 19.1. The molecule has 25 heavy (non-hydrogen) atoms. The Bertz CT molecular complexity index is 647. The molecule has 1 heterocycles. The monoisotopic (exact) mass is 367 g/mol. The van der Waals surface area contributed by atoms with E-state index in [9.17, 15) is 14.4 Å². The minimum atomic E-state index is -0.559. The average molecular weight is 368 g/mol. The van der Waals surface area contributed by atoms with Crippen molar-refractivity contribution in [3.05, 3.63) is 34.9 Å². The van der Waals surface area contributed by atoms with Crippen LogP contribution in [-0.4, -0.2) is 59.6 Å². The highest BCUT2D eigenvalue weighted by Gasteiger charge is 2.28. The molecule has 0 unspecified atom stereocenters. The molecule has 1 aromatic carbocycles. The van der Waals surface area contributed by atoms with Gasteiger partial charge in [0.1, 0.15) is 5.60 Å². The molecule has 1 N–H and O–H groups in total. The number of imide groups is 1. The first-order valence-corrected chi connectivity index (χ1v) is 8.37. The Kier molecular flexibility index (Phi) is 5.89. The maximum atomic E-state index is 12.2. The SMILES string of the molecule is CC(C)(C)OC(=O)N1CCN(C(=O)NC(=O)c2ccc(Cl)cc2)CC1. The molecule has 4 amide bonds. The fraction of sp³-hybridized carbons (Fsp3) is 0.471. The molecule has 1 aliphatic heterocycles. The summed E-state index contributed by atoms with van der Waals surface area (Å²) in [6.45, 7) is 6.79. The number of nitrogens with zero attached hydrogens (tertiary/aromatic N) is 2. The Hall–Kier alpha value is -2.28. The highest BCUT2D eigenvalue weighted by atomic mass is 35.5. The lowest BCUT2D eigenvalue weighted by Gasteiger charge is -2.35. The van der Waals surface area contributed by atoms with Crippen molar-refractivity contribution in [2.24, 2.45) is 0 Å². The van der Waals surface area contributed by atoms with Crippen molar-refractivity contribution in [1.82, 2.24) is 15.1 Å². The zero-order chi connectivity index (χ0) is 18.6. The summed E-state index contributed by atoms with van der Waals surface area (Å²) in [5.74, 6) is -0.490. The number of benzene rings is 1. The van der Waals surface area contributed by atoms with E-state index in [2.05, 4.69) is 5.32 Å². The van der Waals surface area contributed by atoms with Gasteiger partial charge in [-0.3, -0.25) is 10.1 Å². The number of hydrogen-bond donors (Lipinski definition) is 1. The Morgan fingerprint density at radius 3 is 2.04 bits per heavy atom. The average Bonchev–Trinajstić information content (AvgIpc) is 2.54. The zero-order valence-corrected chi connectivity index (χ0v) is 15.3. The van der Waals surface area contributed by atoms with Crippen molar-refractivity contribution in [2.45, 2.75) is 26.4 Å². The molecular weight excluding hydrogens is 346 g/mol. The van der Waals surface area contributed by atoms with Crippen LogP contribution >= 0.6 is 11.6 Å². The van der Waals surface area contributed by atoms with E-state index >= 15 is 0 Å². The van der Waals surface area contributed by atoms with E-state index in [0.29, 0.717) is 36.8 Å². The molecule has 0 saturated carbocycles. The molecule has 0 aliphatic carbocycles. The van der Waals surface area contributed by atoms with E-state index in [-0.39, 0.29) is 0 Å². The minimum Gasteiger partial charge on any atom is -0.444 e. The second-order valence-electron chi connectivity index (χ2n) is 6.72. The zero-order valence-electron chi connectivity index (χ0n) is 14.5. The Morgan fingerprint density at radius 2 is 1.52 bits per heavy atom. The van der Waals surface area contributed by atoms with Crippen LogP contribution in [0.3, 0.4) is 0 Å². The fourth-order valence-corrected chi connectivity index (χ4v) is 2.39. The first-order valence-electron chi connectivity index (χ1n) is 7.99. The summed E-state index contributed by atoms with van der Waals surface area (Å²) >= 11 is 5.77. The van der Waals surface area contributed by atoms with E-state index in [1.54, 1.807) is 49.9 Å². The smallest absolute Gasteiger partial charge is 0.410 e. The highest BCUT2D eigenvalue weighted by Crippen LogP contribution is 2.12. The van der Waals surface area contributed by atoms with Gasteiger partial charge in [-0.25, -0.2) is 9.59 Å². The summed E-state index contributed by atoms with van der Waals surface area (Å²) in [6.07, 6.45) is -0.398. The topological polar surface area (TPSA) is 79.0 Å². The van der Waals surface area contributed by atoms with Crippen LogP contribution in [0.2, 0.25) is 5.02 Å². The summed E-state index contributed by atoms with van der Waals surface area (Å²) in [6, 6.07) is 5.78. The lowest BCUT2D eigenvalue weighted by Crippen LogP contribution is -2.54. The maximum Gasteiger partial charge on any atom is 0.410 e. The maximum absolute atomic E-state index is 12.2. The number of nitrogens with one attached hydrogen (secondary N) is 1. The van der Waals surface area contributed by atoms with Gasteiger partial charge in [0.25, 0.3) is 5.91 Å². The van der Waals surface area contributed by atoms with E-state index < -0.39 is 23.6 Å². The number of piperazine rings is 1. The summed E-state index contributed by atoms with van der Waals surface area (Å²) in [5, 5.41) is 2.85. The number of hydrogen-bond acceptors (Lipinski definition) is 4. The van der Waals surface area contributed by atoms with Gasteiger partial charge in [-0.2, -0.15) is 0 Å². The van der Waals surface area contributed by atoms with Gasteiger partial charge in [-0.15, -0.1) is 0 Å². The molecule has 136 valence electrons. The van der Waals surface area contributed by atoms with Gasteiger partial charge in [0.15, 0.2) is 0 Å². The number of ether oxygens (including phenoxy) is 1.